The van der Waals surface area contributed by atoms with Gasteiger partial charge in [0.05, 0.1) is 6.20 Å². The maximum atomic E-state index is 12.4. The van der Waals surface area contributed by atoms with Crippen molar-refractivity contribution in [2.45, 2.75) is 44.2 Å². The lowest BCUT2D eigenvalue weighted by Crippen LogP contribution is -2.44. The fourth-order valence-electron chi connectivity index (χ4n) is 1.41. The first kappa shape index (κ1) is 15.6. The molecule has 1 aromatic rings. The van der Waals surface area contributed by atoms with E-state index in [0.717, 1.165) is 4.68 Å². The Labute approximate surface area is 112 Å². The first-order chi connectivity index (χ1) is 8.61. The van der Waals surface area contributed by atoms with Crippen molar-refractivity contribution in [3.63, 3.8) is 0 Å². The lowest BCUT2D eigenvalue weighted by molar-refractivity contribution is -0.137. The molecule has 0 bridgehead atoms. The Kier molecular flexibility index (Phi) is 4.36. The summed E-state index contributed by atoms with van der Waals surface area (Å²) < 4.78 is 27.1. The monoisotopic (exact) mass is 289 g/mol. The van der Waals surface area contributed by atoms with Crippen LogP contribution >= 0.6 is 0 Å². The number of carbonyl (C=O) groups is 1. The molecule has 1 N–H and O–H groups in total. The van der Waals surface area contributed by atoms with Crippen molar-refractivity contribution in [2.75, 3.05) is 7.05 Å². The average Bonchev–Trinajstić information content (AvgIpc) is 2.76. The van der Waals surface area contributed by atoms with E-state index >= 15 is 0 Å². The lowest BCUT2D eigenvalue weighted by atomic mass is 10.0. The summed E-state index contributed by atoms with van der Waals surface area (Å²) in [5.74, 6) is -1.07. The van der Waals surface area contributed by atoms with Gasteiger partial charge in [-0.2, -0.15) is 9.40 Å². The number of aliphatic carboxylic acids is 1. The van der Waals surface area contributed by atoms with E-state index in [9.17, 15) is 13.2 Å². The highest BCUT2D eigenvalue weighted by Gasteiger charge is 2.33. The second kappa shape index (κ2) is 5.30. The van der Waals surface area contributed by atoms with Crippen LogP contribution in [0.5, 0.6) is 0 Å². The van der Waals surface area contributed by atoms with Crippen LogP contribution in [0.2, 0.25) is 0 Å². The van der Waals surface area contributed by atoms with E-state index in [1.54, 1.807) is 0 Å². The maximum Gasteiger partial charge on any atom is 0.325 e. The number of hydrogen-bond acceptors (Lipinski definition) is 4. The molecule has 0 aromatic carbocycles. The summed E-state index contributed by atoms with van der Waals surface area (Å²) in [6.45, 7) is 5.19. The predicted octanol–water partition coefficient (Wildman–Crippen LogP) is 0.777. The topological polar surface area (TPSA) is 92.5 Å². The molecule has 0 aliphatic heterocycles. The minimum atomic E-state index is -3.67. The Hall–Kier alpha value is -1.41. The molecule has 1 aromatic heterocycles. The van der Waals surface area contributed by atoms with E-state index < -0.39 is 21.5 Å². The van der Waals surface area contributed by atoms with Gasteiger partial charge in [0.25, 0.3) is 0 Å². The standard InChI is InChI=1S/C11H19N3O4S/c1-5-11(2,3)13(4)19(17,18)9-6-12-14(7-9)8-10(15)16/h6-7H,5,8H2,1-4H3,(H,15,16). The first-order valence-corrected chi connectivity index (χ1v) is 7.28. The lowest BCUT2D eigenvalue weighted by Gasteiger charge is -2.33. The summed E-state index contributed by atoms with van der Waals surface area (Å²) in [7, 11) is -2.16. The SMILES string of the molecule is CCC(C)(C)N(C)S(=O)(=O)c1cnn(CC(=O)O)c1. The number of carboxylic acid groups (broad SMARTS) is 1. The summed E-state index contributed by atoms with van der Waals surface area (Å²) in [6.07, 6.45) is 3.05. The van der Waals surface area contributed by atoms with Crippen LogP contribution in [0.15, 0.2) is 17.3 Å². The Morgan fingerprint density at radius 3 is 2.58 bits per heavy atom. The summed E-state index contributed by atoms with van der Waals surface area (Å²) >= 11 is 0. The second-order valence-electron chi connectivity index (χ2n) is 4.91. The van der Waals surface area contributed by atoms with Gasteiger partial charge in [-0.05, 0) is 20.3 Å². The van der Waals surface area contributed by atoms with Crippen LogP contribution in [0.3, 0.4) is 0 Å². The highest BCUT2D eigenvalue weighted by Crippen LogP contribution is 2.24. The molecule has 0 saturated carbocycles. The van der Waals surface area contributed by atoms with Crippen LogP contribution in [0, 0.1) is 0 Å². The summed E-state index contributed by atoms with van der Waals surface area (Å²) in [5, 5.41) is 12.4. The molecule has 1 heterocycles. The van der Waals surface area contributed by atoms with Crippen LogP contribution in [-0.2, 0) is 21.4 Å². The quantitative estimate of drug-likeness (QED) is 0.835. The van der Waals surface area contributed by atoms with Gasteiger partial charge in [-0.25, -0.2) is 8.42 Å². The van der Waals surface area contributed by atoms with Gasteiger partial charge in [-0.3, -0.25) is 9.48 Å². The minimum Gasteiger partial charge on any atom is -0.480 e. The number of rotatable bonds is 6. The number of carboxylic acids is 1. The van der Waals surface area contributed by atoms with Crippen molar-refractivity contribution < 1.29 is 18.3 Å². The molecule has 0 aliphatic rings. The largest absolute Gasteiger partial charge is 0.480 e. The van der Waals surface area contributed by atoms with Gasteiger partial charge in [0.1, 0.15) is 11.4 Å². The van der Waals surface area contributed by atoms with Crippen LogP contribution in [0.4, 0.5) is 0 Å². The molecule has 1 rings (SSSR count). The fourth-order valence-corrected chi connectivity index (χ4v) is 2.94. The van der Waals surface area contributed by atoms with Gasteiger partial charge in [0.2, 0.25) is 10.0 Å². The number of hydrogen-bond donors (Lipinski definition) is 1. The van der Waals surface area contributed by atoms with Gasteiger partial charge in [0.15, 0.2) is 0 Å². The van der Waals surface area contributed by atoms with Crippen molar-refractivity contribution in [3.05, 3.63) is 12.4 Å². The molecule has 0 amide bonds. The van der Waals surface area contributed by atoms with E-state index in [1.807, 2.05) is 20.8 Å². The third-order valence-corrected chi connectivity index (χ3v) is 5.30. The molecule has 7 nitrogen and oxygen atoms in total. The minimum absolute atomic E-state index is 0.00206. The third-order valence-electron chi connectivity index (χ3n) is 3.28. The van der Waals surface area contributed by atoms with E-state index in [-0.39, 0.29) is 11.4 Å². The molecule has 19 heavy (non-hydrogen) atoms. The van der Waals surface area contributed by atoms with Gasteiger partial charge in [-0.1, -0.05) is 6.92 Å². The highest BCUT2D eigenvalue weighted by atomic mass is 32.2. The Morgan fingerprint density at radius 2 is 2.11 bits per heavy atom. The molecule has 0 saturated heterocycles. The molecule has 0 atom stereocenters. The summed E-state index contributed by atoms with van der Waals surface area (Å²) in [4.78, 5) is 10.5. The van der Waals surface area contributed by atoms with Crippen molar-refractivity contribution in [1.29, 1.82) is 0 Å². The molecule has 0 unspecified atom stereocenters. The predicted molar refractivity (Wildman–Crippen MR) is 69.2 cm³/mol. The number of nitrogens with zero attached hydrogens (tertiary/aromatic N) is 3. The van der Waals surface area contributed by atoms with E-state index in [2.05, 4.69) is 5.10 Å². The smallest absolute Gasteiger partial charge is 0.325 e. The highest BCUT2D eigenvalue weighted by molar-refractivity contribution is 7.89. The Bertz CT molecular complexity index is 562. The zero-order chi connectivity index (χ0) is 14.8. The van der Waals surface area contributed by atoms with Gasteiger partial charge >= 0.3 is 5.97 Å². The third kappa shape index (κ3) is 3.32. The van der Waals surface area contributed by atoms with Crippen LogP contribution < -0.4 is 0 Å². The van der Waals surface area contributed by atoms with Crippen molar-refractivity contribution >= 4 is 16.0 Å². The Balaban J connectivity index is 3.07. The molecular formula is C11H19N3O4S. The van der Waals surface area contributed by atoms with Crippen molar-refractivity contribution in [3.8, 4) is 0 Å². The number of sulfonamides is 1. The van der Waals surface area contributed by atoms with Gasteiger partial charge < -0.3 is 5.11 Å². The molecule has 0 spiro atoms. The van der Waals surface area contributed by atoms with Crippen LogP contribution in [-0.4, -0.2) is 46.2 Å². The fraction of sp³-hybridized carbons (Fsp3) is 0.636. The molecule has 0 fully saturated rings. The second-order valence-corrected chi connectivity index (χ2v) is 6.88. The average molecular weight is 289 g/mol. The normalized spacial score (nSPS) is 12.9. The zero-order valence-electron chi connectivity index (χ0n) is 11.5. The molecule has 108 valence electrons. The molecule has 0 radical (unpaired) electrons. The van der Waals surface area contributed by atoms with E-state index in [1.165, 1.54) is 23.7 Å². The van der Waals surface area contributed by atoms with Gasteiger partial charge in [0, 0.05) is 18.8 Å². The Morgan fingerprint density at radius 1 is 1.53 bits per heavy atom. The zero-order valence-corrected chi connectivity index (χ0v) is 12.3. The maximum absolute atomic E-state index is 12.4. The molecule has 0 aliphatic carbocycles. The van der Waals surface area contributed by atoms with Gasteiger partial charge in [-0.15, -0.1) is 0 Å². The summed E-state index contributed by atoms with van der Waals surface area (Å²) in [5.41, 5.74) is -0.520. The van der Waals surface area contributed by atoms with Crippen LogP contribution in [0.25, 0.3) is 0 Å². The van der Waals surface area contributed by atoms with Crippen molar-refractivity contribution in [2.24, 2.45) is 0 Å². The first-order valence-electron chi connectivity index (χ1n) is 5.84. The van der Waals surface area contributed by atoms with Crippen molar-refractivity contribution in [1.82, 2.24) is 14.1 Å². The van der Waals surface area contributed by atoms with E-state index in [4.69, 9.17) is 5.11 Å². The van der Waals surface area contributed by atoms with E-state index in [0.29, 0.717) is 6.42 Å². The summed E-state index contributed by atoms with van der Waals surface area (Å²) in [6, 6.07) is 0. The molecular weight excluding hydrogens is 270 g/mol. The number of aromatic nitrogens is 2. The molecule has 8 heteroatoms. The van der Waals surface area contributed by atoms with Crippen LogP contribution in [0.1, 0.15) is 27.2 Å².